The molecule has 0 unspecified atom stereocenters. The minimum absolute atomic E-state index is 0.0765. The van der Waals surface area contributed by atoms with Crippen molar-refractivity contribution in [1.82, 2.24) is 0 Å². The van der Waals surface area contributed by atoms with Gasteiger partial charge < -0.3 is 10.1 Å². The van der Waals surface area contributed by atoms with Gasteiger partial charge in [-0.2, -0.15) is 0 Å². The SMILES string of the molecule is C[C@@H](Oc1ccc(F)c(F)c1)C(=O)Nc1ccc(Cl)cc1. The molecule has 0 heterocycles. The quantitative estimate of drug-likeness (QED) is 0.926. The lowest BCUT2D eigenvalue weighted by atomic mass is 10.3. The zero-order valence-electron chi connectivity index (χ0n) is 11.1. The topological polar surface area (TPSA) is 38.3 Å². The number of amides is 1. The molecule has 2 rings (SSSR count). The summed E-state index contributed by atoms with van der Waals surface area (Å²) in [5, 5.41) is 3.18. The molecule has 0 radical (unpaired) electrons. The van der Waals surface area contributed by atoms with Crippen molar-refractivity contribution in [2.45, 2.75) is 13.0 Å². The second-order valence-corrected chi connectivity index (χ2v) is 4.77. The van der Waals surface area contributed by atoms with Gasteiger partial charge in [0.25, 0.3) is 5.91 Å². The normalized spacial score (nSPS) is 11.8. The molecule has 0 bridgehead atoms. The summed E-state index contributed by atoms with van der Waals surface area (Å²) in [6.07, 6.45) is -0.870. The van der Waals surface area contributed by atoms with Crippen molar-refractivity contribution in [1.29, 1.82) is 0 Å². The van der Waals surface area contributed by atoms with Crippen molar-refractivity contribution in [3.63, 3.8) is 0 Å². The summed E-state index contributed by atoms with van der Waals surface area (Å²) in [6.45, 7) is 1.51. The highest BCUT2D eigenvalue weighted by Crippen LogP contribution is 2.18. The highest BCUT2D eigenvalue weighted by molar-refractivity contribution is 6.30. The number of nitrogens with one attached hydrogen (secondary N) is 1. The highest BCUT2D eigenvalue weighted by Gasteiger charge is 2.15. The summed E-state index contributed by atoms with van der Waals surface area (Å²) in [7, 11) is 0. The monoisotopic (exact) mass is 311 g/mol. The fourth-order valence-corrected chi connectivity index (χ4v) is 1.71. The van der Waals surface area contributed by atoms with E-state index < -0.39 is 23.6 Å². The fraction of sp³-hybridized carbons (Fsp3) is 0.133. The first-order chi connectivity index (χ1) is 9.95. The third-order valence-electron chi connectivity index (χ3n) is 2.68. The number of anilines is 1. The van der Waals surface area contributed by atoms with Crippen molar-refractivity contribution in [2.24, 2.45) is 0 Å². The van der Waals surface area contributed by atoms with Gasteiger partial charge in [-0.15, -0.1) is 0 Å². The van der Waals surface area contributed by atoms with E-state index in [4.69, 9.17) is 16.3 Å². The number of halogens is 3. The Morgan fingerprint density at radius 2 is 1.81 bits per heavy atom. The van der Waals surface area contributed by atoms with Crippen molar-refractivity contribution >= 4 is 23.2 Å². The minimum atomic E-state index is -1.03. The van der Waals surface area contributed by atoms with Crippen LogP contribution in [0.15, 0.2) is 42.5 Å². The van der Waals surface area contributed by atoms with Gasteiger partial charge >= 0.3 is 0 Å². The van der Waals surface area contributed by atoms with Crippen LogP contribution in [0.1, 0.15) is 6.92 Å². The molecule has 2 aromatic carbocycles. The number of benzene rings is 2. The number of hydrogen-bond acceptors (Lipinski definition) is 2. The first kappa shape index (κ1) is 15.3. The van der Waals surface area contributed by atoms with Crippen molar-refractivity contribution < 1.29 is 18.3 Å². The van der Waals surface area contributed by atoms with E-state index in [1.165, 1.54) is 13.0 Å². The minimum Gasteiger partial charge on any atom is -0.481 e. The average molecular weight is 312 g/mol. The Morgan fingerprint density at radius 3 is 2.43 bits per heavy atom. The van der Waals surface area contributed by atoms with Gasteiger partial charge in [-0.25, -0.2) is 8.78 Å². The summed E-state index contributed by atoms with van der Waals surface area (Å²) >= 11 is 5.74. The Balaban J connectivity index is 1.98. The Morgan fingerprint density at radius 1 is 1.14 bits per heavy atom. The first-order valence-corrected chi connectivity index (χ1v) is 6.51. The number of ether oxygens (including phenoxy) is 1. The van der Waals surface area contributed by atoms with Crippen molar-refractivity contribution in [2.75, 3.05) is 5.32 Å². The third-order valence-corrected chi connectivity index (χ3v) is 2.94. The molecule has 0 aliphatic carbocycles. The van der Waals surface area contributed by atoms with Gasteiger partial charge in [-0.05, 0) is 43.3 Å². The van der Waals surface area contributed by atoms with Gasteiger partial charge in [0.1, 0.15) is 5.75 Å². The Bertz CT molecular complexity index is 647. The van der Waals surface area contributed by atoms with Gasteiger partial charge in [0.05, 0.1) is 0 Å². The molecule has 2 aromatic rings. The van der Waals surface area contributed by atoms with Gasteiger partial charge in [0, 0.05) is 16.8 Å². The van der Waals surface area contributed by atoms with Crippen LogP contribution in [-0.2, 0) is 4.79 Å². The summed E-state index contributed by atoms with van der Waals surface area (Å²) in [6, 6.07) is 9.64. The first-order valence-electron chi connectivity index (χ1n) is 6.14. The van der Waals surface area contributed by atoms with Crippen molar-refractivity contribution in [3.8, 4) is 5.75 Å². The molecule has 0 aromatic heterocycles. The standard InChI is InChI=1S/C15H12ClF2NO2/c1-9(21-12-6-7-13(17)14(18)8-12)15(20)19-11-4-2-10(16)3-5-11/h2-9H,1H3,(H,19,20)/t9-/m1/s1. The van der Waals surface area contributed by atoms with Gasteiger partial charge in [0.15, 0.2) is 17.7 Å². The molecule has 0 saturated heterocycles. The highest BCUT2D eigenvalue weighted by atomic mass is 35.5. The van der Waals surface area contributed by atoms with Crippen LogP contribution in [0.3, 0.4) is 0 Å². The van der Waals surface area contributed by atoms with Crippen LogP contribution in [0.4, 0.5) is 14.5 Å². The van der Waals surface area contributed by atoms with E-state index >= 15 is 0 Å². The van der Waals surface area contributed by atoms with E-state index in [2.05, 4.69) is 5.32 Å². The molecule has 0 saturated carbocycles. The fourth-order valence-electron chi connectivity index (χ4n) is 1.58. The maximum atomic E-state index is 13.0. The zero-order valence-corrected chi connectivity index (χ0v) is 11.8. The second-order valence-electron chi connectivity index (χ2n) is 4.33. The number of rotatable bonds is 4. The van der Waals surface area contributed by atoms with E-state index in [1.54, 1.807) is 24.3 Å². The van der Waals surface area contributed by atoms with Crippen LogP contribution in [0.25, 0.3) is 0 Å². The summed E-state index contributed by atoms with van der Waals surface area (Å²) < 4.78 is 31.1. The van der Waals surface area contributed by atoms with Gasteiger partial charge in [-0.3, -0.25) is 4.79 Å². The van der Waals surface area contributed by atoms with Crippen molar-refractivity contribution in [3.05, 3.63) is 59.1 Å². The van der Waals surface area contributed by atoms with E-state index in [0.29, 0.717) is 10.7 Å². The molecule has 6 heteroatoms. The lowest BCUT2D eigenvalue weighted by Gasteiger charge is -2.15. The molecule has 1 atom stereocenters. The number of hydrogen-bond donors (Lipinski definition) is 1. The Labute approximate surface area is 125 Å². The molecule has 3 nitrogen and oxygen atoms in total. The van der Waals surface area contributed by atoms with Crippen LogP contribution in [0.5, 0.6) is 5.75 Å². The summed E-state index contributed by atoms with van der Waals surface area (Å²) in [4.78, 5) is 11.9. The predicted molar refractivity (Wildman–Crippen MR) is 76.5 cm³/mol. The van der Waals surface area contributed by atoms with Crippen LogP contribution >= 0.6 is 11.6 Å². The van der Waals surface area contributed by atoms with Crippen LogP contribution in [0.2, 0.25) is 5.02 Å². The zero-order chi connectivity index (χ0) is 15.4. The average Bonchev–Trinajstić information content (AvgIpc) is 2.45. The predicted octanol–water partition coefficient (Wildman–Crippen LogP) is 4.02. The Kier molecular flexibility index (Phi) is 4.75. The molecular formula is C15H12ClF2NO2. The summed E-state index contributed by atoms with van der Waals surface area (Å²) in [5.74, 6) is -2.34. The molecule has 1 N–H and O–H groups in total. The molecule has 110 valence electrons. The lowest BCUT2D eigenvalue weighted by molar-refractivity contribution is -0.122. The van der Waals surface area contributed by atoms with E-state index in [9.17, 15) is 13.6 Å². The van der Waals surface area contributed by atoms with Gasteiger partial charge in [-0.1, -0.05) is 11.6 Å². The van der Waals surface area contributed by atoms with E-state index in [-0.39, 0.29) is 5.75 Å². The van der Waals surface area contributed by atoms with Crippen LogP contribution in [-0.4, -0.2) is 12.0 Å². The molecular weight excluding hydrogens is 300 g/mol. The molecule has 0 aliphatic heterocycles. The molecule has 0 spiro atoms. The van der Waals surface area contributed by atoms with Crippen LogP contribution in [0, 0.1) is 11.6 Å². The molecule has 1 amide bonds. The Hall–Kier alpha value is -2.14. The largest absolute Gasteiger partial charge is 0.481 e. The lowest BCUT2D eigenvalue weighted by Crippen LogP contribution is -2.30. The third kappa shape index (κ3) is 4.16. The van der Waals surface area contributed by atoms with Crippen LogP contribution < -0.4 is 10.1 Å². The maximum absolute atomic E-state index is 13.0. The van der Waals surface area contributed by atoms with E-state index in [0.717, 1.165) is 12.1 Å². The summed E-state index contributed by atoms with van der Waals surface area (Å²) in [5.41, 5.74) is 0.560. The van der Waals surface area contributed by atoms with E-state index in [1.807, 2.05) is 0 Å². The molecule has 0 aliphatic rings. The molecule has 21 heavy (non-hydrogen) atoms. The number of carbonyl (C=O) groups is 1. The molecule has 0 fully saturated rings. The maximum Gasteiger partial charge on any atom is 0.265 e. The smallest absolute Gasteiger partial charge is 0.265 e. The number of carbonyl (C=O) groups excluding carboxylic acids is 1. The van der Waals surface area contributed by atoms with Gasteiger partial charge in [0.2, 0.25) is 0 Å². The second kappa shape index (κ2) is 6.54.